The van der Waals surface area contributed by atoms with Crippen LogP contribution >= 0.6 is 0 Å². The molecule has 1 saturated carbocycles. The molecule has 13 heavy (non-hydrogen) atoms. The lowest BCUT2D eigenvalue weighted by Crippen LogP contribution is -2.60. The molecule has 0 aromatic rings. The van der Waals surface area contributed by atoms with E-state index in [0.29, 0.717) is 12.8 Å². The quantitative estimate of drug-likeness (QED) is 0.715. The maximum atomic E-state index is 11.9. The zero-order valence-electron chi connectivity index (χ0n) is 8.45. The van der Waals surface area contributed by atoms with Crippen molar-refractivity contribution in [2.45, 2.75) is 37.0 Å². The molecular weight excluding hydrogens is 188 g/mol. The lowest BCUT2D eigenvalue weighted by molar-refractivity contribution is 0.283. The summed E-state index contributed by atoms with van der Waals surface area (Å²) in [5.74, 6) is 0. The van der Waals surface area contributed by atoms with Crippen molar-refractivity contribution in [3.63, 3.8) is 0 Å². The van der Waals surface area contributed by atoms with Gasteiger partial charge in [0.2, 0.25) is 10.0 Å². The molecule has 5 heteroatoms. The first-order valence-corrected chi connectivity index (χ1v) is 5.96. The largest absolute Gasteiger partial charge is 0.326 e. The SMILES string of the molecule is CC(N)C1(S(=O)(=O)N(C)C)CCC1. The molecule has 0 aromatic carbocycles. The fourth-order valence-electron chi connectivity index (χ4n) is 1.84. The van der Waals surface area contributed by atoms with Crippen LogP contribution in [0.1, 0.15) is 26.2 Å². The number of nitrogens with zero attached hydrogens (tertiary/aromatic N) is 1. The molecule has 1 fully saturated rings. The number of nitrogens with two attached hydrogens (primary N) is 1. The molecule has 1 aliphatic rings. The standard InChI is InChI=1S/C8H18N2O2S/c1-7(9)8(5-4-6-8)13(11,12)10(2)3/h7H,4-6,9H2,1-3H3. The van der Waals surface area contributed by atoms with Gasteiger partial charge in [-0.1, -0.05) is 6.42 Å². The molecule has 0 spiro atoms. The number of hydrogen-bond acceptors (Lipinski definition) is 3. The molecule has 4 nitrogen and oxygen atoms in total. The topological polar surface area (TPSA) is 63.4 Å². The maximum Gasteiger partial charge on any atom is 0.220 e. The minimum absolute atomic E-state index is 0.284. The molecule has 0 radical (unpaired) electrons. The van der Waals surface area contributed by atoms with E-state index in [2.05, 4.69) is 0 Å². The van der Waals surface area contributed by atoms with Crippen LogP contribution in [0.2, 0.25) is 0 Å². The number of rotatable bonds is 3. The van der Waals surface area contributed by atoms with Gasteiger partial charge in [0.1, 0.15) is 4.75 Å². The van der Waals surface area contributed by atoms with Crippen molar-refractivity contribution >= 4 is 10.0 Å². The average Bonchev–Trinajstić information content (AvgIpc) is 1.81. The van der Waals surface area contributed by atoms with Crippen molar-refractivity contribution in [1.29, 1.82) is 0 Å². The van der Waals surface area contributed by atoms with E-state index in [1.165, 1.54) is 4.31 Å². The highest BCUT2D eigenvalue weighted by molar-refractivity contribution is 7.90. The zero-order valence-corrected chi connectivity index (χ0v) is 9.26. The Kier molecular flexibility index (Phi) is 2.71. The van der Waals surface area contributed by atoms with E-state index in [0.717, 1.165) is 6.42 Å². The van der Waals surface area contributed by atoms with Crippen LogP contribution in [-0.4, -0.2) is 37.6 Å². The summed E-state index contributed by atoms with van der Waals surface area (Å²) in [4.78, 5) is 0. The first-order chi connectivity index (χ1) is 5.84. The predicted molar refractivity (Wildman–Crippen MR) is 52.8 cm³/mol. The molecule has 0 saturated heterocycles. The van der Waals surface area contributed by atoms with E-state index >= 15 is 0 Å². The van der Waals surface area contributed by atoms with Crippen molar-refractivity contribution in [3.8, 4) is 0 Å². The van der Waals surface area contributed by atoms with Gasteiger partial charge in [0.25, 0.3) is 0 Å². The van der Waals surface area contributed by atoms with Crippen LogP contribution in [0.4, 0.5) is 0 Å². The van der Waals surface area contributed by atoms with Gasteiger partial charge in [0, 0.05) is 20.1 Å². The molecular formula is C8H18N2O2S. The second kappa shape index (κ2) is 3.22. The lowest BCUT2D eigenvalue weighted by atomic mass is 9.79. The van der Waals surface area contributed by atoms with Crippen LogP contribution < -0.4 is 5.73 Å². The highest BCUT2D eigenvalue weighted by Crippen LogP contribution is 2.42. The smallest absolute Gasteiger partial charge is 0.220 e. The van der Waals surface area contributed by atoms with E-state index in [9.17, 15) is 8.42 Å². The fraction of sp³-hybridized carbons (Fsp3) is 1.00. The van der Waals surface area contributed by atoms with E-state index in [-0.39, 0.29) is 6.04 Å². The van der Waals surface area contributed by atoms with Crippen LogP contribution in [0.5, 0.6) is 0 Å². The van der Waals surface area contributed by atoms with E-state index in [1.807, 2.05) is 0 Å². The first-order valence-electron chi connectivity index (χ1n) is 4.52. The number of sulfonamides is 1. The number of hydrogen-bond donors (Lipinski definition) is 1. The molecule has 0 aromatic heterocycles. The summed E-state index contributed by atoms with van der Waals surface area (Å²) < 4.78 is 24.4. The van der Waals surface area contributed by atoms with Gasteiger partial charge in [-0.2, -0.15) is 0 Å². The lowest BCUT2D eigenvalue weighted by Gasteiger charge is -2.45. The van der Waals surface area contributed by atoms with E-state index < -0.39 is 14.8 Å². The molecule has 1 atom stereocenters. The van der Waals surface area contributed by atoms with Crippen LogP contribution in [0.25, 0.3) is 0 Å². The second-order valence-corrected chi connectivity index (χ2v) is 6.49. The van der Waals surface area contributed by atoms with Crippen LogP contribution in [0.15, 0.2) is 0 Å². The van der Waals surface area contributed by atoms with Gasteiger partial charge in [-0.15, -0.1) is 0 Å². The summed E-state index contributed by atoms with van der Waals surface area (Å²) in [5.41, 5.74) is 5.75. The van der Waals surface area contributed by atoms with Gasteiger partial charge in [-0.3, -0.25) is 0 Å². The van der Waals surface area contributed by atoms with Gasteiger partial charge in [-0.05, 0) is 19.8 Å². The summed E-state index contributed by atoms with van der Waals surface area (Å²) in [6.07, 6.45) is 2.37. The first kappa shape index (κ1) is 10.9. The van der Waals surface area contributed by atoms with Crippen molar-refractivity contribution in [1.82, 2.24) is 4.31 Å². The minimum atomic E-state index is -3.19. The Morgan fingerprint density at radius 3 is 1.92 bits per heavy atom. The minimum Gasteiger partial charge on any atom is -0.326 e. The molecule has 0 bridgehead atoms. The third kappa shape index (κ3) is 1.39. The maximum absolute atomic E-state index is 11.9. The van der Waals surface area contributed by atoms with E-state index in [4.69, 9.17) is 5.73 Å². The van der Waals surface area contributed by atoms with Crippen molar-refractivity contribution in [2.24, 2.45) is 5.73 Å². The summed E-state index contributed by atoms with van der Waals surface area (Å²) in [7, 11) is -0.0582. The highest BCUT2D eigenvalue weighted by atomic mass is 32.2. The third-order valence-electron chi connectivity index (χ3n) is 3.02. The second-order valence-electron chi connectivity index (χ2n) is 3.99. The van der Waals surface area contributed by atoms with Crippen LogP contribution in [0, 0.1) is 0 Å². The molecule has 0 amide bonds. The molecule has 0 aliphatic heterocycles. The van der Waals surface area contributed by atoms with Crippen molar-refractivity contribution < 1.29 is 8.42 Å². The van der Waals surface area contributed by atoms with Crippen molar-refractivity contribution in [2.75, 3.05) is 14.1 Å². The van der Waals surface area contributed by atoms with Gasteiger partial charge in [0.05, 0.1) is 0 Å². The average molecular weight is 206 g/mol. The summed E-state index contributed by atoms with van der Waals surface area (Å²) in [6.45, 7) is 1.78. The van der Waals surface area contributed by atoms with Gasteiger partial charge in [0.15, 0.2) is 0 Å². The normalized spacial score (nSPS) is 24.1. The Morgan fingerprint density at radius 2 is 1.85 bits per heavy atom. The summed E-state index contributed by atoms with van der Waals surface area (Å²) in [5, 5.41) is 0. The highest BCUT2D eigenvalue weighted by Gasteiger charge is 2.52. The van der Waals surface area contributed by atoms with Gasteiger partial charge in [-0.25, -0.2) is 12.7 Å². The molecule has 1 rings (SSSR count). The molecule has 2 N–H and O–H groups in total. The fourth-order valence-corrected chi connectivity index (χ4v) is 3.84. The molecule has 1 unspecified atom stereocenters. The van der Waals surface area contributed by atoms with Gasteiger partial charge < -0.3 is 5.73 Å². The molecule has 0 heterocycles. The van der Waals surface area contributed by atoms with Gasteiger partial charge >= 0.3 is 0 Å². The van der Waals surface area contributed by atoms with Crippen LogP contribution in [-0.2, 0) is 10.0 Å². The monoisotopic (exact) mass is 206 g/mol. The zero-order chi connectivity index (χ0) is 10.3. The molecule has 1 aliphatic carbocycles. The predicted octanol–water partition coefficient (Wildman–Crippen LogP) is 0.148. The van der Waals surface area contributed by atoms with Crippen LogP contribution in [0.3, 0.4) is 0 Å². The Hall–Kier alpha value is -0.130. The Bertz CT molecular complexity index is 279. The Balaban J connectivity index is 3.03. The van der Waals surface area contributed by atoms with Crippen molar-refractivity contribution in [3.05, 3.63) is 0 Å². The third-order valence-corrected chi connectivity index (χ3v) is 5.79. The molecule has 78 valence electrons. The summed E-state index contributed by atoms with van der Waals surface area (Å²) >= 11 is 0. The van der Waals surface area contributed by atoms with E-state index in [1.54, 1.807) is 21.0 Å². The Morgan fingerprint density at radius 1 is 1.38 bits per heavy atom. The Labute approximate surface area is 80.1 Å². The summed E-state index contributed by atoms with van der Waals surface area (Å²) in [6, 6.07) is -0.284.